The minimum atomic E-state index is -2.15. The molecule has 25 heavy (non-hydrogen) atoms. The molecule has 6 heteroatoms. The summed E-state index contributed by atoms with van der Waals surface area (Å²) in [6.45, 7) is 10.8. The molecular formula is C19H27NO4Si. The first-order valence-corrected chi connectivity index (χ1v) is 11.7. The van der Waals surface area contributed by atoms with Crippen LogP contribution in [0.3, 0.4) is 0 Å². The molecule has 0 saturated carbocycles. The van der Waals surface area contributed by atoms with Crippen LogP contribution in [-0.4, -0.2) is 39.4 Å². The molecule has 0 N–H and O–H groups in total. The fourth-order valence-electron chi connectivity index (χ4n) is 3.50. The lowest BCUT2D eigenvalue weighted by atomic mass is 9.97. The van der Waals surface area contributed by atoms with Gasteiger partial charge in [-0.1, -0.05) is 39.0 Å². The van der Waals surface area contributed by atoms with Crippen LogP contribution in [0.2, 0.25) is 18.1 Å². The SMILES string of the molecule is COC(=O)[C@H]1C(=O)N2c3ccccc3C[C@@H]2[C@@H]1O[Si](C)(C)C(C)(C)C. The van der Waals surface area contributed by atoms with Gasteiger partial charge in [-0.05, 0) is 36.2 Å². The first kappa shape index (κ1) is 18.1. The Morgan fingerprint density at radius 3 is 2.48 bits per heavy atom. The summed E-state index contributed by atoms with van der Waals surface area (Å²) in [5.41, 5.74) is 2.03. The summed E-state index contributed by atoms with van der Waals surface area (Å²) >= 11 is 0. The van der Waals surface area contributed by atoms with Crippen LogP contribution in [0.1, 0.15) is 26.3 Å². The van der Waals surface area contributed by atoms with Crippen LogP contribution in [0.4, 0.5) is 5.69 Å². The number of anilines is 1. The van der Waals surface area contributed by atoms with Gasteiger partial charge in [0.05, 0.1) is 19.3 Å². The zero-order chi connectivity index (χ0) is 18.6. The molecular weight excluding hydrogens is 334 g/mol. The molecule has 3 rings (SSSR count). The molecule has 5 nitrogen and oxygen atoms in total. The molecule has 1 aromatic rings. The van der Waals surface area contributed by atoms with Gasteiger partial charge in [-0.15, -0.1) is 0 Å². The van der Waals surface area contributed by atoms with Gasteiger partial charge < -0.3 is 14.1 Å². The third-order valence-corrected chi connectivity index (χ3v) is 10.4. The van der Waals surface area contributed by atoms with E-state index in [1.165, 1.54) is 7.11 Å². The maximum Gasteiger partial charge on any atom is 0.320 e. The van der Waals surface area contributed by atoms with E-state index in [1.807, 2.05) is 24.3 Å². The number of hydrogen-bond donors (Lipinski definition) is 0. The smallest absolute Gasteiger partial charge is 0.320 e. The normalized spacial score (nSPS) is 25.8. The van der Waals surface area contributed by atoms with Gasteiger partial charge in [0.15, 0.2) is 14.2 Å². The Kier molecular flexibility index (Phi) is 4.32. The highest BCUT2D eigenvalue weighted by Gasteiger charge is 2.58. The second-order valence-corrected chi connectivity index (χ2v) is 13.2. The highest BCUT2D eigenvalue weighted by atomic mass is 28.4. The third kappa shape index (κ3) is 2.81. The number of para-hydroxylation sites is 1. The van der Waals surface area contributed by atoms with E-state index in [4.69, 9.17) is 9.16 Å². The van der Waals surface area contributed by atoms with E-state index in [1.54, 1.807) is 4.90 Å². The Hall–Kier alpha value is -1.66. The lowest BCUT2D eigenvalue weighted by Gasteiger charge is -2.40. The van der Waals surface area contributed by atoms with Gasteiger partial charge in [-0.3, -0.25) is 9.59 Å². The quantitative estimate of drug-likeness (QED) is 0.471. The molecule has 0 unspecified atom stereocenters. The number of carbonyl (C=O) groups excluding carboxylic acids is 2. The molecule has 0 aliphatic carbocycles. The number of fused-ring (bicyclic) bond motifs is 3. The molecule has 0 bridgehead atoms. The van der Waals surface area contributed by atoms with E-state index in [0.717, 1.165) is 11.3 Å². The van der Waals surface area contributed by atoms with Crippen molar-refractivity contribution in [2.45, 2.75) is 57.5 Å². The summed E-state index contributed by atoms with van der Waals surface area (Å²) in [5.74, 6) is -1.58. The zero-order valence-electron chi connectivity index (χ0n) is 15.8. The average molecular weight is 362 g/mol. The Balaban J connectivity index is 2.00. The fourth-order valence-corrected chi connectivity index (χ4v) is 4.82. The predicted molar refractivity (Wildman–Crippen MR) is 99.0 cm³/mol. The van der Waals surface area contributed by atoms with E-state index in [0.29, 0.717) is 6.42 Å². The number of methoxy groups -OCH3 is 1. The highest BCUT2D eigenvalue weighted by Crippen LogP contribution is 2.46. The lowest BCUT2D eigenvalue weighted by Crippen LogP contribution is -2.49. The molecule has 0 aromatic heterocycles. The van der Waals surface area contributed by atoms with Crippen molar-refractivity contribution in [2.24, 2.45) is 5.92 Å². The number of ether oxygens (including phenoxy) is 1. The summed E-state index contributed by atoms with van der Waals surface area (Å²) in [6, 6.07) is 7.74. The van der Waals surface area contributed by atoms with Crippen molar-refractivity contribution in [3.63, 3.8) is 0 Å². The summed E-state index contributed by atoms with van der Waals surface area (Å²) in [7, 11) is -0.820. The van der Waals surface area contributed by atoms with E-state index >= 15 is 0 Å². The van der Waals surface area contributed by atoms with Crippen LogP contribution in [0, 0.1) is 5.92 Å². The van der Waals surface area contributed by atoms with Crippen LogP contribution in [0.25, 0.3) is 0 Å². The van der Waals surface area contributed by atoms with Crippen molar-refractivity contribution in [1.29, 1.82) is 0 Å². The van der Waals surface area contributed by atoms with Crippen LogP contribution in [-0.2, 0) is 25.2 Å². The third-order valence-electron chi connectivity index (χ3n) is 5.92. The minimum Gasteiger partial charge on any atom is -0.468 e. The van der Waals surface area contributed by atoms with Crippen molar-refractivity contribution < 1.29 is 18.8 Å². The van der Waals surface area contributed by atoms with Gasteiger partial charge >= 0.3 is 5.97 Å². The minimum absolute atomic E-state index is 0.00437. The maximum absolute atomic E-state index is 13.1. The molecule has 1 amide bonds. The lowest BCUT2D eigenvalue weighted by molar-refractivity contribution is -0.151. The van der Waals surface area contributed by atoms with Gasteiger partial charge in [0.1, 0.15) is 0 Å². The van der Waals surface area contributed by atoms with Gasteiger partial charge in [0.2, 0.25) is 5.91 Å². The molecule has 1 aromatic carbocycles. The monoisotopic (exact) mass is 361 g/mol. The number of nitrogens with zero attached hydrogens (tertiary/aromatic N) is 1. The number of rotatable bonds is 3. The molecule has 1 fully saturated rings. The molecule has 0 spiro atoms. The van der Waals surface area contributed by atoms with Crippen molar-refractivity contribution in [3.05, 3.63) is 29.8 Å². The first-order chi connectivity index (χ1) is 11.6. The molecule has 2 aliphatic heterocycles. The Bertz CT molecular complexity index is 710. The number of benzene rings is 1. The number of hydrogen-bond acceptors (Lipinski definition) is 4. The van der Waals surface area contributed by atoms with Crippen LogP contribution < -0.4 is 4.90 Å². The van der Waals surface area contributed by atoms with Gasteiger partial charge in [-0.2, -0.15) is 0 Å². The molecule has 3 atom stereocenters. The predicted octanol–water partition coefficient (Wildman–Crippen LogP) is 3.14. The highest BCUT2D eigenvalue weighted by molar-refractivity contribution is 6.74. The standard InChI is InChI=1S/C19H27NO4Si/c1-19(2,3)25(5,6)24-16-14-11-12-9-7-8-10-13(12)20(14)17(21)15(16)18(22)23-4/h7-10,14-16H,11H2,1-6H3/t14-,15-,16+/m1/s1. The van der Waals surface area contributed by atoms with E-state index in [-0.39, 0.29) is 17.0 Å². The van der Waals surface area contributed by atoms with E-state index < -0.39 is 26.3 Å². The first-order valence-electron chi connectivity index (χ1n) is 8.75. The van der Waals surface area contributed by atoms with Crippen molar-refractivity contribution >= 4 is 25.9 Å². The van der Waals surface area contributed by atoms with Crippen molar-refractivity contribution in [2.75, 3.05) is 12.0 Å². The molecule has 2 aliphatic rings. The van der Waals surface area contributed by atoms with E-state index in [2.05, 4.69) is 33.9 Å². The number of amides is 1. The fraction of sp³-hybridized carbons (Fsp3) is 0.579. The van der Waals surface area contributed by atoms with Crippen LogP contribution >= 0.6 is 0 Å². The summed E-state index contributed by atoms with van der Waals surface area (Å²) in [5, 5.41) is -0.00437. The van der Waals surface area contributed by atoms with Crippen LogP contribution in [0.15, 0.2) is 24.3 Å². The van der Waals surface area contributed by atoms with Crippen molar-refractivity contribution in [3.8, 4) is 0 Å². The largest absolute Gasteiger partial charge is 0.468 e. The van der Waals surface area contributed by atoms with Gasteiger partial charge in [0, 0.05) is 5.69 Å². The van der Waals surface area contributed by atoms with E-state index in [9.17, 15) is 9.59 Å². The second-order valence-electron chi connectivity index (χ2n) is 8.45. The molecule has 1 saturated heterocycles. The second kappa shape index (κ2) is 5.95. The number of esters is 1. The topological polar surface area (TPSA) is 55.8 Å². The average Bonchev–Trinajstić information content (AvgIpc) is 3.02. The molecule has 2 heterocycles. The molecule has 0 radical (unpaired) electrons. The maximum atomic E-state index is 13.1. The summed E-state index contributed by atoms with van der Waals surface area (Å²) in [6.07, 6.45) is 0.252. The van der Waals surface area contributed by atoms with Crippen LogP contribution in [0.5, 0.6) is 0 Å². The Morgan fingerprint density at radius 2 is 1.88 bits per heavy atom. The van der Waals surface area contributed by atoms with Gasteiger partial charge in [0.25, 0.3) is 0 Å². The zero-order valence-corrected chi connectivity index (χ0v) is 16.8. The Labute approximate surface area is 150 Å². The summed E-state index contributed by atoms with van der Waals surface area (Å²) < 4.78 is 11.5. The summed E-state index contributed by atoms with van der Waals surface area (Å²) in [4.78, 5) is 27.2. The Morgan fingerprint density at radius 1 is 1.24 bits per heavy atom. The number of carbonyl (C=O) groups is 2. The van der Waals surface area contributed by atoms with Crippen molar-refractivity contribution in [1.82, 2.24) is 0 Å². The molecule has 136 valence electrons. The van der Waals surface area contributed by atoms with Gasteiger partial charge in [-0.25, -0.2) is 0 Å².